The minimum Gasteiger partial charge on any atom is -0.477 e. The van der Waals surface area contributed by atoms with Crippen molar-refractivity contribution in [3.8, 4) is 0 Å². The molecule has 0 aliphatic carbocycles. The molecule has 12 N–H and O–H groups in total. The molecule has 0 aromatic heterocycles. The summed E-state index contributed by atoms with van der Waals surface area (Å²) in [6.45, 7) is 4.74. The van der Waals surface area contributed by atoms with Crippen LogP contribution >= 0.6 is 0 Å². The Morgan fingerprint density at radius 2 is 1.45 bits per heavy atom. The first kappa shape index (κ1) is 41.9. The third-order valence-electron chi connectivity index (χ3n) is 8.58. The molecule has 20 nitrogen and oxygen atoms in total. The van der Waals surface area contributed by atoms with Crippen LogP contribution < -0.4 is 5.32 Å². The second kappa shape index (κ2) is 17.4. The largest absolute Gasteiger partial charge is 0.477 e. The Kier molecular flexibility index (Phi) is 14.9. The number of amides is 1. The summed E-state index contributed by atoms with van der Waals surface area (Å²) in [5.74, 6) is -5.71. The van der Waals surface area contributed by atoms with E-state index in [-0.39, 0.29) is 6.61 Å². The van der Waals surface area contributed by atoms with Gasteiger partial charge in [-0.05, 0) is 6.04 Å². The van der Waals surface area contributed by atoms with E-state index in [9.17, 15) is 65.8 Å². The second-order valence-electron chi connectivity index (χ2n) is 13.7. The molecule has 49 heavy (non-hydrogen) atoms. The quantitative estimate of drug-likeness (QED) is 0.0697. The van der Waals surface area contributed by atoms with Crippen molar-refractivity contribution in [3.05, 3.63) is 0 Å². The molecule has 0 aromatic carbocycles. The van der Waals surface area contributed by atoms with Gasteiger partial charge in [0.15, 0.2) is 12.6 Å². The predicted octanol–water partition coefficient (Wildman–Crippen LogP) is -5.86. The minimum absolute atomic E-state index is 0.159. The van der Waals surface area contributed by atoms with Gasteiger partial charge in [-0.1, -0.05) is 19.6 Å². The minimum atomic E-state index is -3.02. The van der Waals surface area contributed by atoms with Gasteiger partial charge in [-0.2, -0.15) is 0 Å². The molecule has 1 amide bonds. The van der Waals surface area contributed by atoms with E-state index in [2.05, 4.69) is 25.0 Å². The van der Waals surface area contributed by atoms with Crippen LogP contribution in [0.25, 0.3) is 0 Å². The van der Waals surface area contributed by atoms with Crippen molar-refractivity contribution < 1.29 is 94.2 Å². The van der Waals surface area contributed by atoms with Crippen LogP contribution in [0.4, 0.5) is 0 Å². The van der Waals surface area contributed by atoms with Crippen molar-refractivity contribution in [3.63, 3.8) is 0 Å². The summed E-state index contributed by atoms with van der Waals surface area (Å²) in [5.41, 5.74) is 0. The highest BCUT2D eigenvalue weighted by atomic mass is 28.3. The maximum atomic E-state index is 12.7. The first-order chi connectivity index (χ1) is 22.8. The van der Waals surface area contributed by atoms with Crippen LogP contribution in [0.15, 0.2) is 0 Å². The fourth-order valence-electron chi connectivity index (χ4n) is 5.76. The SMILES string of the molecule is CC(=O)N[C@H]1[C@H]([C@H](O)[C@H](O)CO)O[C@@](O[C@H]2[C@@H](O)[C@@H](CO)O[C@@H](O[C@H]3[C@@H](O)[C@@H](CO)O[C@@H](OCC[Si](C)(C)C)[C@@H]3O)[C@@H]2O)(C(=O)O)C[C@@H]1O. The number of hydrogen-bond acceptors (Lipinski definition) is 18. The van der Waals surface area contributed by atoms with Gasteiger partial charge in [-0.15, -0.1) is 0 Å². The molecule has 3 rings (SSSR count). The number of carboxylic acids is 1. The van der Waals surface area contributed by atoms with Crippen LogP contribution in [-0.2, 0) is 38.0 Å². The zero-order valence-electron chi connectivity index (χ0n) is 27.6. The standard InChI is InChI=1S/C28H51NO19Si/c1-11(33)29-16-12(34)7-28(27(41)42,47-22(16)17(36)13(35)8-30)48-24-19(38)15(10-32)45-26(21(24)40)46-23-18(37)14(9-31)44-25(20(23)39)43-5-6-49(2,3)4/h12-26,30-32,34-40H,5-10H2,1-4H3,(H,29,33)(H,41,42)/t12-,13+,14+,15+,16+,17+,18-,19-,20+,21+,22+,23-,24-,25+,26-,28-/m0/s1. The van der Waals surface area contributed by atoms with E-state index >= 15 is 0 Å². The Morgan fingerprint density at radius 3 is 1.96 bits per heavy atom. The Morgan fingerprint density at radius 1 is 0.898 bits per heavy atom. The van der Waals surface area contributed by atoms with Gasteiger partial charge in [0.2, 0.25) is 5.91 Å². The van der Waals surface area contributed by atoms with Crippen LogP contribution in [0, 0.1) is 0 Å². The van der Waals surface area contributed by atoms with Gasteiger partial charge in [0.05, 0.1) is 32.0 Å². The van der Waals surface area contributed by atoms with Gasteiger partial charge in [0.25, 0.3) is 5.79 Å². The summed E-state index contributed by atoms with van der Waals surface area (Å²) >= 11 is 0. The Balaban J connectivity index is 1.92. The van der Waals surface area contributed by atoms with Crippen molar-refractivity contribution >= 4 is 20.0 Å². The van der Waals surface area contributed by atoms with E-state index in [0.29, 0.717) is 6.04 Å². The fraction of sp³-hybridized carbons (Fsp3) is 0.929. The molecule has 21 heteroatoms. The van der Waals surface area contributed by atoms with Crippen molar-refractivity contribution in [1.82, 2.24) is 5.32 Å². The fourth-order valence-corrected chi connectivity index (χ4v) is 6.49. The lowest BCUT2D eigenvalue weighted by atomic mass is 9.88. The number of carbonyl (C=O) groups is 2. The average Bonchev–Trinajstić information content (AvgIpc) is 3.02. The maximum absolute atomic E-state index is 12.7. The topological polar surface area (TPSA) is 324 Å². The molecule has 3 aliphatic heterocycles. The van der Waals surface area contributed by atoms with Crippen molar-refractivity contribution in [1.29, 1.82) is 0 Å². The van der Waals surface area contributed by atoms with E-state index in [0.717, 1.165) is 6.92 Å². The van der Waals surface area contributed by atoms with Crippen molar-refractivity contribution in [2.75, 3.05) is 26.4 Å². The number of carboxylic acid groups (broad SMARTS) is 1. The van der Waals surface area contributed by atoms with Crippen LogP contribution in [-0.4, -0.2) is 200 Å². The number of aliphatic hydroxyl groups is 10. The lowest BCUT2D eigenvalue weighted by Crippen LogP contribution is -2.70. The predicted molar refractivity (Wildman–Crippen MR) is 162 cm³/mol. The van der Waals surface area contributed by atoms with Crippen LogP contribution in [0.3, 0.4) is 0 Å². The van der Waals surface area contributed by atoms with Gasteiger partial charge in [0.1, 0.15) is 67.1 Å². The lowest BCUT2D eigenvalue weighted by Gasteiger charge is -2.50. The number of nitrogens with one attached hydrogen (secondary N) is 1. The third-order valence-corrected chi connectivity index (χ3v) is 10.3. The Labute approximate surface area is 282 Å². The second-order valence-corrected chi connectivity index (χ2v) is 19.3. The smallest absolute Gasteiger partial charge is 0.364 e. The highest BCUT2D eigenvalue weighted by Gasteiger charge is 2.60. The Bertz CT molecular complexity index is 1080. The molecular formula is C28H51NO19Si. The molecule has 3 heterocycles. The van der Waals surface area contributed by atoms with E-state index in [1.165, 1.54) is 0 Å². The molecule has 3 aliphatic rings. The summed E-state index contributed by atoms with van der Waals surface area (Å²) < 4.78 is 33.6. The first-order valence-electron chi connectivity index (χ1n) is 15.8. The van der Waals surface area contributed by atoms with Crippen LogP contribution in [0.2, 0.25) is 25.7 Å². The van der Waals surface area contributed by atoms with Crippen molar-refractivity contribution in [2.45, 2.75) is 137 Å². The number of hydrogen-bond donors (Lipinski definition) is 12. The van der Waals surface area contributed by atoms with Gasteiger partial charge in [-0.3, -0.25) is 4.79 Å². The number of aliphatic carboxylic acids is 1. The molecule has 286 valence electrons. The summed E-state index contributed by atoms with van der Waals surface area (Å²) in [6, 6.07) is -0.867. The van der Waals surface area contributed by atoms with Gasteiger partial charge in [0, 0.05) is 28.0 Å². The molecule has 16 atom stereocenters. The molecule has 0 radical (unpaired) electrons. The highest BCUT2D eigenvalue weighted by Crippen LogP contribution is 2.38. The molecule has 3 saturated heterocycles. The summed E-state index contributed by atoms with van der Waals surface area (Å²) in [6.07, 6.45) is -26.6. The number of carbonyl (C=O) groups excluding carboxylic acids is 1. The Hall–Kier alpha value is -1.48. The average molecular weight is 734 g/mol. The molecule has 0 aromatic rings. The summed E-state index contributed by atoms with van der Waals surface area (Å²) in [4.78, 5) is 24.5. The zero-order valence-corrected chi connectivity index (χ0v) is 28.6. The summed E-state index contributed by atoms with van der Waals surface area (Å²) in [7, 11) is -1.59. The van der Waals surface area contributed by atoms with E-state index < -0.39 is 144 Å². The van der Waals surface area contributed by atoms with Crippen molar-refractivity contribution in [2.24, 2.45) is 0 Å². The van der Waals surface area contributed by atoms with E-state index in [1.807, 2.05) is 0 Å². The third kappa shape index (κ3) is 9.90. The molecular weight excluding hydrogens is 682 g/mol. The lowest BCUT2D eigenvalue weighted by molar-refractivity contribution is -0.386. The van der Waals surface area contributed by atoms with E-state index in [4.69, 9.17) is 28.4 Å². The number of ether oxygens (including phenoxy) is 6. The molecule has 0 unspecified atom stereocenters. The van der Waals surface area contributed by atoms with Gasteiger partial charge in [-0.25, -0.2) is 4.79 Å². The monoisotopic (exact) mass is 733 g/mol. The molecule has 0 saturated carbocycles. The summed E-state index contributed by atoms with van der Waals surface area (Å²) in [5, 5.41) is 118. The van der Waals surface area contributed by atoms with Crippen LogP contribution in [0.1, 0.15) is 13.3 Å². The molecule has 3 fully saturated rings. The van der Waals surface area contributed by atoms with Gasteiger partial charge >= 0.3 is 5.97 Å². The highest BCUT2D eigenvalue weighted by molar-refractivity contribution is 6.76. The maximum Gasteiger partial charge on any atom is 0.364 e. The molecule has 0 spiro atoms. The first-order valence-corrected chi connectivity index (χ1v) is 19.5. The van der Waals surface area contributed by atoms with Gasteiger partial charge < -0.3 is 89.9 Å². The normalized spacial score (nSPS) is 41.6. The molecule has 0 bridgehead atoms. The zero-order chi connectivity index (χ0) is 37.0. The number of aliphatic hydroxyl groups excluding tert-OH is 10. The van der Waals surface area contributed by atoms with E-state index in [1.54, 1.807) is 0 Å². The number of rotatable bonds is 15. The van der Waals surface area contributed by atoms with Crippen LogP contribution in [0.5, 0.6) is 0 Å².